The van der Waals surface area contributed by atoms with Gasteiger partial charge in [-0.3, -0.25) is 0 Å². The van der Waals surface area contributed by atoms with E-state index in [0.29, 0.717) is 0 Å². The fraction of sp³-hybridized carbons (Fsp3) is 0.300. The van der Waals surface area contributed by atoms with Gasteiger partial charge in [0, 0.05) is 13.0 Å². The second kappa shape index (κ2) is 4.92. The van der Waals surface area contributed by atoms with E-state index in [9.17, 15) is 0 Å². The van der Waals surface area contributed by atoms with Crippen LogP contribution in [0.4, 0.5) is 0 Å². The van der Waals surface area contributed by atoms with Crippen molar-refractivity contribution in [1.29, 1.82) is 0 Å². The predicted molar refractivity (Wildman–Crippen MR) is 67.2 cm³/mol. The molecule has 0 atom stereocenters. The third kappa shape index (κ3) is 2.48. The molecule has 5 heteroatoms. The Bertz CT molecular complexity index is 422. The van der Waals surface area contributed by atoms with Gasteiger partial charge in [-0.2, -0.15) is 0 Å². The minimum Gasteiger partial charge on any atom is -0.336 e. The monoisotopic (exact) mass is 285 g/mol. The average molecular weight is 286 g/mol. The molecule has 80 valence electrons. The average Bonchev–Trinajstić information content (AvgIpc) is 2.83. The van der Waals surface area contributed by atoms with Crippen molar-refractivity contribution in [2.24, 2.45) is 0 Å². The summed E-state index contributed by atoms with van der Waals surface area (Å²) in [7, 11) is 1.94. The van der Waals surface area contributed by atoms with Crippen LogP contribution < -0.4 is 5.32 Å². The summed E-state index contributed by atoms with van der Waals surface area (Å²) in [6.45, 7) is 0.934. The highest BCUT2D eigenvalue weighted by Crippen LogP contribution is 2.29. The number of likely N-dealkylation sites (N-methyl/N-ethyl adjacent to an activating group) is 1. The van der Waals surface area contributed by atoms with Crippen molar-refractivity contribution in [2.75, 3.05) is 13.6 Å². The Morgan fingerprint density at radius 1 is 1.60 bits per heavy atom. The molecular weight excluding hydrogens is 274 g/mol. The number of hydrogen-bond donors (Lipinski definition) is 2. The maximum absolute atomic E-state index is 4.56. The highest BCUT2D eigenvalue weighted by Gasteiger charge is 2.10. The summed E-state index contributed by atoms with van der Waals surface area (Å²) in [5.74, 6) is 1.01. The van der Waals surface area contributed by atoms with E-state index in [1.807, 2.05) is 13.1 Å². The van der Waals surface area contributed by atoms with Gasteiger partial charge in [0.05, 0.1) is 4.88 Å². The van der Waals surface area contributed by atoms with Crippen LogP contribution in [0.3, 0.4) is 0 Å². The molecule has 0 aliphatic heterocycles. The summed E-state index contributed by atoms with van der Waals surface area (Å²) in [6, 6.07) is 4.11. The Labute approximate surface area is 101 Å². The number of aromatic nitrogens is 2. The summed E-state index contributed by atoms with van der Waals surface area (Å²) in [4.78, 5) is 8.99. The lowest BCUT2D eigenvalue weighted by molar-refractivity contribution is 0.764. The highest BCUT2D eigenvalue weighted by atomic mass is 79.9. The van der Waals surface area contributed by atoms with E-state index in [1.165, 1.54) is 4.88 Å². The first-order chi connectivity index (χ1) is 7.31. The first kappa shape index (κ1) is 10.9. The molecule has 2 aromatic heterocycles. The molecule has 0 spiro atoms. The second-order valence-corrected chi connectivity index (χ2v) is 4.92. The molecule has 3 nitrogen and oxygen atoms in total. The normalized spacial score (nSPS) is 10.8. The fourth-order valence-corrected chi connectivity index (χ4v) is 2.72. The fourth-order valence-electron chi connectivity index (χ4n) is 1.34. The molecule has 0 aliphatic carbocycles. The maximum atomic E-state index is 4.56. The molecule has 2 aromatic rings. The van der Waals surface area contributed by atoms with Crippen molar-refractivity contribution in [3.8, 4) is 10.6 Å². The smallest absolute Gasteiger partial charge is 0.113 e. The zero-order valence-electron chi connectivity index (χ0n) is 8.38. The molecule has 0 bridgehead atoms. The predicted octanol–water partition coefficient (Wildman–Crippen LogP) is 2.66. The number of nitrogens with zero attached hydrogens (tertiary/aromatic N) is 1. The van der Waals surface area contributed by atoms with Gasteiger partial charge < -0.3 is 10.3 Å². The van der Waals surface area contributed by atoms with Crippen molar-refractivity contribution in [2.45, 2.75) is 6.42 Å². The van der Waals surface area contributed by atoms with Gasteiger partial charge in [0.15, 0.2) is 0 Å². The molecule has 2 N–H and O–H groups in total. The topological polar surface area (TPSA) is 40.7 Å². The Hall–Kier alpha value is -0.650. The van der Waals surface area contributed by atoms with Crippen LogP contribution in [0.5, 0.6) is 0 Å². The van der Waals surface area contributed by atoms with Crippen LogP contribution in [-0.4, -0.2) is 23.6 Å². The Morgan fingerprint density at radius 2 is 2.47 bits per heavy atom. The lowest BCUT2D eigenvalue weighted by Crippen LogP contribution is -2.11. The summed E-state index contributed by atoms with van der Waals surface area (Å²) < 4.78 is 0.969. The largest absolute Gasteiger partial charge is 0.336 e. The first-order valence-electron chi connectivity index (χ1n) is 4.74. The quantitative estimate of drug-likeness (QED) is 0.907. The number of rotatable bonds is 4. The molecule has 2 rings (SSSR count). The molecular formula is C10H12BrN3S. The van der Waals surface area contributed by atoms with E-state index < -0.39 is 0 Å². The van der Waals surface area contributed by atoms with E-state index in [2.05, 4.69) is 42.7 Å². The van der Waals surface area contributed by atoms with Crippen LogP contribution in [0.2, 0.25) is 0 Å². The van der Waals surface area contributed by atoms with Gasteiger partial charge in [-0.05, 0) is 34.4 Å². The summed E-state index contributed by atoms with van der Waals surface area (Å²) >= 11 is 5.20. The molecule has 0 radical (unpaired) electrons. The lowest BCUT2D eigenvalue weighted by atomic mass is 10.4. The number of imidazole rings is 1. The van der Waals surface area contributed by atoms with Crippen LogP contribution >= 0.6 is 27.3 Å². The Morgan fingerprint density at radius 3 is 3.13 bits per heavy atom. The standard InChI is InChI=1S/C10H12BrN3S/c1-12-5-4-8-13-9(10(11)14-8)7-3-2-6-15-7/h2-3,6,12H,4-5H2,1H3,(H,13,14). The van der Waals surface area contributed by atoms with Crippen molar-refractivity contribution in [3.05, 3.63) is 27.9 Å². The second-order valence-electron chi connectivity index (χ2n) is 3.18. The first-order valence-corrected chi connectivity index (χ1v) is 6.41. The third-order valence-corrected chi connectivity index (χ3v) is 3.53. The van der Waals surface area contributed by atoms with Crippen molar-refractivity contribution >= 4 is 27.3 Å². The molecule has 2 heterocycles. The number of hydrogen-bond acceptors (Lipinski definition) is 3. The van der Waals surface area contributed by atoms with E-state index in [4.69, 9.17) is 0 Å². The SMILES string of the molecule is CNCCc1nc(-c2cccs2)c(Br)[nH]1. The minimum atomic E-state index is 0.917. The van der Waals surface area contributed by atoms with Crippen LogP contribution in [0.1, 0.15) is 5.82 Å². The molecule has 0 amide bonds. The van der Waals surface area contributed by atoms with Gasteiger partial charge >= 0.3 is 0 Å². The van der Waals surface area contributed by atoms with Crippen LogP contribution in [0.15, 0.2) is 22.1 Å². The van der Waals surface area contributed by atoms with Crippen LogP contribution in [0.25, 0.3) is 10.6 Å². The summed E-state index contributed by atoms with van der Waals surface area (Å²) in [5.41, 5.74) is 1.01. The van der Waals surface area contributed by atoms with E-state index >= 15 is 0 Å². The number of thiophene rings is 1. The van der Waals surface area contributed by atoms with Gasteiger partial charge in [0.1, 0.15) is 16.1 Å². The Kier molecular flexibility index (Phi) is 3.56. The Balaban J connectivity index is 2.22. The minimum absolute atomic E-state index is 0.917. The number of halogens is 1. The number of H-pyrrole nitrogens is 1. The van der Waals surface area contributed by atoms with E-state index in [1.54, 1.807) is 11.3 Å². The highest BCUT2D eigenvalue weighted by molar-refractivity contribution is 9.10. The number of nitrogens with one attached hydrogen (secondary N) is 2. The third-order valence-electron chi connectivity index (χ3n) is 2.08. The van der Waals surface area contributed by atoms with Gasteiger partial charge in [0.2, 0.25) is 0 Å². The van der Waals surface area contributed by atoms with Crippen LogP contribution in [-0.2, 0) is 6.42 Å². The van der Waals surface area contributed by atoms with E-state index in [-0.39, 0.29) is 0 Å². The van der Waals surface area contributed by atoms with Crippen molar-refractivity contribution in [1.82, 2.24) is 15.3 Å². The molecule has 0 unspecified atom stereocenters. The van der Waals surface area contributed by atoms with Crippen molar-refractivity contribution in [3.63, 3.8) is 0 Å². The molecule has 0 aromatic carbocycles. The van der Waals surface area contributed by atoms with Crippen LogP contribution in [0, 0.1) is 0 Å². The molecule has 0 fully saturated rings. The maximum Gasteiger partial charge on any atom is 0.113 e. The van der Waals surface area contributed by atoms with Gasteiger partial charge in [-0.15, -0.1) is 11.3 Å². The zero-order valence-corrected chi connectivity index (χ0v) is 10.8. The molecule has 0 saturated carbocycles. The van der Waals surface area contributed by atoms with E-state index in [0.717, 1.165) is 29.1 Å². The van der Waals surface area contributed by atoms with Gasteiger partial charge in [0.25, 0.3) is 0 Å². The summed E-state index contributed by atoms with van der Waals surface area (Å²) in [6.07, 6.45) is 0.917. The van der Waals surface area contributed by atoms with Crippen molar-refractivity contribution < 1.29 is 0 Å². The molecule has 15 heavy (non-hydrogen) atoms. The molecule has 0 aliphatic rings. The molecule has 0 saturated heterocycles. The van der Waals surface area contributed by atoms with Gasteiger partial charge in [-0.1, -0.05) is 6.07 Å². The van der Waals surface area contributed by atoms with Gasteiger partial charge in [-0.25, -0.2) is 4.98 Å². The zero-order chi connectivity index (χ0) is 10.7. The lowest BCUT2D eigenvalue weighted by Gasteiger charge is -1.93. The number of aromatic amines is 1. The summed E-state index contributed by atoms with van der Waals surface area (Å²) in [5, 5.41) is 5.17.